The number of hydrogen-bond acceptors (Lipinski definition) is 4. The monoisotopic (exact) mass is 519 g/mol. The zero-order valence-electron chi connectivity index (χ0n) is 16.0. The minimum absolute atomic E-state index is 0. The number of halogens is 4. The second kappa shape index (κ2) is 11.4. The predicted molar refractivity (Wildman–Crippen MR) is 115 cm³/mol. The van der Waals surface area contributed by atoms with Gasteiger partial charge in [0.15, 0.2) is 11.7 Å². The molecule has 2 rings (SSSR count). The van der Waals surface area contributed by atoms with Crippen molar-refractivity contribution in [1.29, 1.82) is 0 Å². The summed E-state index contributed by atoms with van der Waals surface area (Å²) in [4.78, 5) is 10.4. The Balaban J connectivity index is 0.00000364. The van der Waals surface area contributed by atoms with Crippen LogP contribution in [0.15, 0.2) is 10.4 Å². The van der Waals surface area contributed by atoms with Crippen LogP contribution in [0.2, 0.25) is 0 Å². The van der Waals surface area contributed by atoms with Gasteiger partial charge in [0.05, 0.1) is 6.54 Å². The van der Waals surface area contributed by atoms with Crippen LogP contribution < -0.4 is 10.6 Å². The SMILES string of the molecule is CCNC(=NCc1nc(C(F)(F)F)cs1)NCCN1CC(C)CC(C)C1.I. The number of aromatic nitrogens is 1. The third-order valence-electron chi connectivity index (χ3n) is 4.22. The molecule has 0 aromatic carbocycles. The second-order valence-electron chi connectivity index (χ2n) is 6.95. The molecule has 1 saturated heterocycles. The summed E-state index contributed by atoms with van der Waals surface area (Å²) < 4.78 is 37.8. The summed E-state index contributed by atoms with van der Waals surface area (Å²) in [5.41, 5.74) is -0.848. The lowest BCUT2D eigenvalue weighted by molar-refractivity contribution is -0.140. The largest absolute Gasteiger partial charge is 0.434 e. The lowest BCUT2D eigenvalue weighted by atomic mass is 9.92. The molecule has 0 spiro atoms. The number of hydrogen-bond donors (Lipinski definition) is 2. The van der Waals surface area contributed by atoms with E-state index in [2.05, 4.69) is 39.4 Å². The molecular formula is C17H29F3IN5S. The van der Waals surface area contributed by atoms with Gasteiger partial charge in [-0.15, -0.1) is 35.3 Å². The number of nitrogens with zero attached hydrogens (tertiary/aromatic N) is 3. The smallest absolute Gasteiger partial charge is 0.357 e. The van der Waals surface area contributed by atoms with Gasteiger partial charge in [-0.2, -0.15) is 13.2 Å². The van der Waals surface area contributed by atoms with Crippen molar-refractivity contribution in [3.63, 3.8) is 0 Å². The van der Waals surface area contributed by atoms with E-state index < -0.39 is 11.9 Å². The van der Waals surface area contributed by atoms with Crippen molar-refractivity contribution in [3.8, 4) is 0 Å². The van der Waals surface area contributed by atoms with Crippen LogP contribution in [0.5, 0.6) is 0 Å². The van der Waals surface area contributed by atoms with E-state index in [1.54, 1.807) is 0 Å². The summed E-state index contributed by atoms with van der Waals surface area (Å²) in [6.45, 7) is 11.2. The second-order valence-corrected chi connectivity index (χ2v) is 7.89. The number of aliphatic imine (C=N–C) groups is 1. The van der Waals surface area contributed by atoms with Gasteiger partial charge in [0.1, 0.15) is 5.01 Å². The molecule has 0 saturated carbocycles. The van der Waals surface area contributed by atoms with E-state index in [0.717, 1.165) is 42.9 Å². The van der Waals surface area contributed by atoms with Gasteiger partial charge in [-0.05, 0) is 25.2 Å². The van der Waals surface area contributed by atoms with Crippen LogP contribution in [0.25, 0.3) is 0 Å². The predicted octanol–water partition coefficient (Wildman–Crippen LogP) is 3.81. The van der Waals surface area contributed by atoms with E-state index in [9.17, 15) is 13.2 Å². The van der Waals surface area contributed by atoms with Gasteiger partial charge in [-0.3, -0.25) is 0 Å². The van der Waals surface area contributed by atoms with Crippen molar-refractivity contribution < 1.29 is 13.2 Å². The average Bonchev–Trinajstić information content (AvgIpc) is 3.01. The molecule has 156 valence electrons. The Labute approximate surface area is 180 Å². The fraction of sp³-hybridized carbons (Fsp3) is 0.765. The van der Waals surface area contributed by atoms with Crippen LogP contribution >= 0.6 is 35.3 Å². The summed E-state index contributed by atoms with van der Waals surface area (Å²) in [6.07, 6.45) is -3.12. The molecule has 1 aliphatic rings. The van der Waals surface area contributed by atoms with Gasteiger partial charge in [0.2, 0.25) is 0 Å². The highest BCUT2D eigenvalue weighted by molar-refractivity contribution is 14.0. The van der Waals surface area contributed by atoms with Crippen LogP contribution in [-0.2, 0) is 12.7 Å². The lowest BCUT2D eigenvalue weighted by Crippen LogP contribution is -2.45. The molecule has 2 unspecified atom stereocenters. The molecule has 2 atom stereocenters. The first-order valence-electron chi connectivity index (χ1n) is 9.04. The lowest BCUT2D eigenvalue weighted by Gasteiger charge is -2.35. The molecule has 1 aliphatic heterocycles. The van der Waals surface area contributed by atoms with E-state index in [4.69, 9.17) is 0 Å². The maximum Gasteiger partial charge on any atom is 0.434 e. The molecule has 10 heteroatoms. The molecule has 5 nitrogen and oxygen atoms in total. The minimum atomic E-state index is -4.40. The highest BCUT2D eigenvalue weighted by atomic mass is 127. The van der Waals surface area contributed by atoms with Crippen molar-refractivity contribution in [2.45, 2.75) is 39.9 Å². The number of nitrogens with one attached hydrogen (secondary N) is 2. The Morgan fingerprint density at radius 3 is 2.52 bits per heavy atom. The Morgan fingerprint density at radius 1 is 1.30 bits per heavy atom. The maximum absolute atomic E-state index is 12.6. The zero-order chi connectivity index (χ0) is 19.2. The van der Waals surface area contributed by atoms with Gasteiger partial charge in [0.25, 0.3) is 0 Å². The van der Waals surface area contributed by atoms with Gasteiger partial charge in [-0.25, -0.2) is 9.98 Å². The van der Waals surface area contributed by atoms with E-state index in [1.165, 1.54) is 6.42 Å². The zero-order valence-corrected chi connectivity index (χ0v) is 19.1. The molecular weight excluding hydrogens is 490 g/mol. The third kappa shape index (κ3) is 8.51. The number of alkyl halides is 3. The molecule has 27 heavy (non-hydrogen) atoms. The highest BCUT2D eigenvalue weighted by Gasteiger charge is 2.33. The molecule has 0 aliphatic carbocycles. The normalized spacial score (nSPS) is 21.6. The number of thiazole rings is 1. The van der Waals surface area contributed by atoms with Crippen molar-refractivity contribution in [3.05, 3.63) is 16.1 Å². The summed E-state index contributed by atoms with van der Waals surface area (Å²) in [5, 5.41) is 7.76. The van der Waals surface area contributed by atoms with Crippen molar-refractivity contribution in [2.75, 3.05) is 32.7 Å². The van der Waals surface area contributed by atoms with Crippen LogP contribution in [0.1, 0.15) is 37.9 Å². The van der Waals surface area contributed by atoms with E-state index in [0.29, 0.717) is 29.3 Å². The molecule has 1 aromatic heterocycles. The quantitative estimate of drug-likeness (QED) is 0.341. The molecule has 2 heterocycles. The minimum Gasteiger partial charge on any atom is -0.357 e. The van der Waals surface area contributed by atoms with E-state index in [1.807, 2.05) is 6.92 Å². The Hall–Kier alpha value is -0.620. The molecule has 0 radical (unpaired) electrons. The maximum atomic E-state index is 12.6. The van der Waals surface area contributed by atoms with E-state index in [-0.39, 0.29) is 30.5 Å². The number of guanidine groups is 1. The standard InChI is InChI=1S/C17H28F3N5S.HI/c1-4-21-16(22-5-6-25-9-12(2)7-13(3)10-25)23-8-15-24-14(11-26-15)17(18,19)20;/h11-13H,4-10H2,1-3H3,(H2,21,22,23);1H. The fourth-order valence-corrected chi connectivity index (χ4v) is 4.03. The number of piperidine rings is 1. The van der Waals surface area contributed by atoms with Gasteiger partial charge < -0.3 is 15.5 Å². The summed E-state index contributed by atoms with van der Waals surface area (Å²) in [5.74, 6) is 2.04. The molecule has 2 N–H and O–H groups in total. The topological polar surface area (TPSA) is 52.6 Å². The Morgan fingerprint density at radius 2 is 1.96 bits per heavy atom. The van der Waals surface area contributed by atoms with E-state index >= 15 is 0 Å². The fourth-order valence-electron chi connectivity index (χ4n) is 3.31. The Bertz CT molecular complexity index is 583. The summed E-state index contributed by atoms with van der Waals surface area (Å²) >= 11 is 0.982. The highest BCUT2D eigenvalue weighted by Crippen LogP contribution is 2.30. The van der Waals surface area contributed by atoms with Crippen molar-refractivity contribution in [2.24, 2.45) is 16.8 Å². The molecule has 1 aromatic rings. The van der Waals surface area contributed by atoms with Crippen LogP contribution in [0, 0.1) is 11.8 Å². The summed E-state index contributed by atoms with van der Waals surface area (Å²) in [6, 6.07) is 0. The summed E-state index contributed by atoms with van der Waals surface area (Å²) in [7, 11) is 0. The molecule has 0 amide bonds. The van der Waals surface area contributed by atoms with Crippen molar-refractivity contribution >= 4 is 41.3 Å². The molecule has 1 fully saturated rings. The first-order valence-corrected chi connectivity index (χ1v) is 9.92. The number of likely N-dealkylation sites (tertiary alicyclic amines) is 1. The first kappa shape index (κ1) is 24.4. The van der Waals surface area contributed by atoms with Crippen LogP contribution in [0.4, 0.5) is 13.2 Å². The first-order chi connectivity index (χ1) is 12.3. The third-order valence-corrected chi connectivity index (χ3v) is 5.06. The van der Waals surface area contributed by atoms with Gasteiger partial charge >= 0.3 is 6.18 Å². The number of rotatable bonds is 6. The van der Waals surface area contributed by atoms with Gasteiger partial charge in [-0.1, -0.05) is 13.8 Å². The molecule has 0 bridgehead atoms. The van der Waals surface area contributed by atoms with Crippen LogP contribution in [-0.4, -0.2) is 48.6 Å². The van der Waals surface area contributed by atoms with Crippen LogP contribution in [0.3, 0.4) is 0 Å². The van der Waals surface area contributed by atoms with Gasteiger partial charge in [0, 0.05) is 38.1 Å². The van der Waals surface area contributed by atoms with Crippen molar-refractivity contribution in [1.82, 2.24) is 20.5 Å². The Kier molecular flexibility index (Phi) is 10.3. The average molecular weight is 519 g/mol.